The van der Waals surface area contributed by atoms with Gasteiger partial charge < -0.3 is 0 Å². The Bertz CT molecular complexity index is 931. The standard InChI is InChI=1S/C21H21NO2S/c1-17-8-12-20(13-9-17)22(16-19-6-4-3-5-7-19)25(23,24)21-14-10-18(2)11-15-21/h3-15H,16H2,1-2H3. The molecule has 128 valence electrons. The highest BCUT2D eigenvalue weighted by molar-refractivity contribution is 7.92. The van der Waals surface area contributed by atoms with Crippen LogP contribution in [-0.2, 0) is 16.6 Å². The second-order valence-electron chi connectivity index (χ2n) is 6.15. The molecule has 0 atom stereocenters. The van der Waals surface area contributed by atoms with Crippen LogP contribution >= 0.6 is 0 Å². The molecule has 0 aliphatic carbocycles. The first-order chi connectivity index (χ1) is 12.0. The first-order valence-corrected chi connectivity index (χ1v) is 9.61. The van der Waals surface area contributed by atoms with Gasteiger partial charge in [0.25, 0.3) is 10.0 Å². The number of sulfonamides is 1. The summed E-state index contributed by atoms with van der Waals surface area (Å²) >= 11 is 0. The fraction of sp³-hybridized carbons (Fsp3) is 0.143. The lowest BCUT2D eigenvalue weighted by atomic mass is 10.2. The molecule has 4 heteroatoms. The van der Waals surface area contributed by atoms with Crippen molar-refractivity contribution in [3.63, 3.8) is 0 Å². The largest absolute Gasteiger partial charge is 0.264 e. The molecule has 0 unspecified atom stereocenters. The highest BCUT2D eigenvalue weighted by Gasteiger charge is 2.25. The van der Waals surface area contributed by atoms with E-state index >= 15 is 0 Å². The molecule has 0 amide bonds. The summed E-state index contributed by atoms with van der Waals surface area (Å²) in [4.78, 5) is 0.301. The molecule has 0 aliphatic heterocycles. The number of anilines is 1. The van der Waals surface area contributed by atoms with E-state index < -0.39 is 10.0 Å². The van der Waals surface area contributed by atoms with Crippen molar-refractivity contribution < 1.29 is 8.42 Å². The second kappa shape index (κ2) is 7.11. The maximum Gasteiger partial charge on any atom is 0.264 e. The normalized spacial score (nSPS) is 11.3. The van der Waals surface area contributed by atoms with Gasteiger partial charge in [0, 0.05) is 0 Å². The Morgan fingerprint density at radius 1 is 0.720 bits per heavy atom. The molecular weight excluding hydrogens is 330 g/mol. The predicted octanol–water partition coefficient (Wildman–Crippen LogP) is 4.70. The van der Waals surface area contributed by atoms with Crippen LogP contribution in [0, 0.1) is 13.8 Å². The van der Waals surface area contributed by atoms with E-state index in [1.54, 1.807) is 12.1 Å². The molecule has 0 radical (unpaired) electrons. The first-order valence-electron chi connectivity index (χ1n) is 8.17. The number of hydrogen-bond acceptors (Lipinski definition) is 2. The molecule has 25 heavy (non-hydrogen) atoms. The summed E-state index contributed by atoms with van der Waals surface area (Å²) < 4.78 is 28.0. The number of nitrogens with zero attached hydrogens (tertiary/aromatic N) is 1. The first kappa shape index (κ1) is 17.2. The van der Waals surface area contributed by atoms with E-state index in [9.17, 15) is 8.42 Å². The van der Waals surface area contributed by atoms with Crippen molar-refractivity contribution in [3.8, 4) is 0 Å². The topological polar surface area (TPSA) is 37.4 Å². The molecule has 3 nitrogen and oxygen atoms in total. The van der Waals surface area contributed by atoms with E-state index in [-0.39, 0.29) is 0 Å². The van der Waals surface area contributed by atoms with Crippen LogP contribution < -0.4 is 4.31 Å². The van der Waals surface area contributed by atoms with Crippen molar-refractivity contribution in [3.05, 3.63) is 95.6 Å². The Morgan fingerprint density at radius 3 is 1.80 bits per heavy atom. The van der Waals surface area contributed by atoms with E-state index in [0.29, 0.717) is 17.1 Å². The molecular formula is C21H21NO2S. The van der Waals surface area contributed by atoms with Gasteiger partial charge >= 0.3 is 0 Å². The quantitative estimate of drug-likeness (QED) is 0.668. The predicted molar refractivity (Wildman–Crippen MR) is 102 cm³/mol. The number of hydrogen-bond donors (Lipinski definition) is 0. The fourth-order valence-corrected chi connectivity index (χ4v) is 4.07. The molecule has 3 aromatic carbocycles. The SMILES string of the molecule is Cc1ccc(N(Cc2ccccc2)S(=O)(=O)c2ccc(C)cc2)cc1. The van der Waals surface area contributed by atoms with Crippen molar-refractivity contribution in [2.45, 2.75) is 25.3 Å². The zero-order valence-electron chi connectivity index (χ0n) is 14.4. The average molecular weight is 351 g/mol. The van der Waals surface area contributed by atoms with Gasteiger partial charge in [-0.1, -0.05) is 65.7 Å². The van der Waals surface area contributed by atoms with Crippen LogP contribution in [-0.4, -0.2) is 8.42 Å². The van der Waals surface area contributed by atoms with E-state index in [4.69, 9.17) is 0 Å². The smallest absolute Gasteiger partial charge is 0.262 e. The minimum atomic E-state index is -3.65. The van der Waals surface area contributed by atoms with Crippen LogP contribution in [0.2, 0.25) is 0 Å². The summed E-state index contributed by atoms with van der Waals surface area (Å²) in [5.41, 5.74) is 3.73. The van der Waals surface area contributed by atoms with Gasteiger partial charge in [0.05, 0.1) is 17.1 Å². The lowest BCUT2D eigenvalue weighted by molar-refractivity contribution is 0.590. The van der Waals surface area contributed by atoms with Gasteiger partial charge in [-0.05, 0) is 43.7 Å². The Morgan fingerprint density at radius 2 is 1.24 bits per heavy atom. The molecule has 0 aliphatic rings. The van der Waals surface area contributed by atoms with Crippen molar-refractivity contribution >= 4 is 15.7 Å². The van der Waals surface area contributed by atoms with Gasteiger partial charge in [0.1, 0.15) is 0 Å². The van der Waals surface area contributed by atoms with Gasteiger partial charge in [-0.2, -0.15) is 0 Å². The highest BCUT2D eigenvalue weighted by Crippen LogP contribution is 2.26. The van der Waals surface area contributed by atoms with E-state index in [0.717, 1.165) is 16.7 Å². The summed E-state index contributed by atoms with van der Waals surface area (Å²) in [6, 6.07) is 24.2. The summed E-state index contributed by atoms with van der Waals surface area (Å²) in [5.74, 6) is 0. The maximum atomic E-state index is 13.3. The molecule has 3 rings (SSSR count). The van der Waals surface area contributed by atoms with Crippen LogP contribution in [0.5, 0.6) is 0 Å². The minimum absolute atomic E-state index is 0.292. The highest BCUT2D eigenvalue weighted by atomic mass is 32.2. The van der Waals surface area contributed by atoms with Gasteiger partial charge in [-0.25, -0.2) is 8.42 Å². The average Bonchev–Trinajstić information content (AvgIpc) is 2.62. The van der Waals surface area contributed by atoms with Gasteiger partial charge in [-0.3, -0.25) is 4.31 Å². The second-order valence-corrected chi connectivity index (χ2v) is 8.01. The Balaban J connectivity index is 2.06. The van der Waals surface area contributed by atoms with Gasteiger partial charge in [-0.15, -0.1) is 0 Å². The third-order valence-electron chi connectivity index (χ3n) is 4.10. The third kappa shape index (κ3) is 3.91. The minimum Gasteiger partial charge on any atom is -0.262 e. The summed E-state index contributed by atoms with van der Waals surface area (Å²) in [6.45, 7) is 4.22. The number of benzene rings is 3. The van der Waals surface area contributed by atoms with Gasteiger partial charge in [0.2, 0.25) is 0 Å². The molecule has 0 N–H and O–H groups in total. The molecule has 0 saturated heterocycles. The van der Waals surface area contributed by atoms with E-state index in [2.05, 4.69) is 0 Å². The lowest BCUT2D eigenvalue weighted by Crippen LogP contribution is -2.30. The maximum absolute atomic E-state index is 13.3. The fourth-order valence-electron chi connectivity index (χ4n) is 2.61. The molecule has 0 bridgehead atoms. The van der Waals surface area contributed by atoms with Crippen LogP contribution in [0.4, 0.5) is 5.69 Å². The Hall–Kier alpha value is -2.59. The molecule has 0 fully saturated rings. The van der Waals surface area contributed by atoms with Crippen LogP contribution in [0.3, 0.4) is 0 Å². The van der Waals surface area contributed by atoms with Crippen LogP contribution in [0.15, 0.2) is 83.8 Å². The van der Waals surface area contributed by atoms with Crippen LogP contribution in [0.25, 0.3) is 0 Å². The monoisotopic (exact) mass is 351 g/mol. The Kier molecular flexibility index (Phi) is 4.91. The van der Waals surface area contributed by atoms with Crippen LogP contribution in [0.1, 0.15) is 16.7 Å². The molecule has 0 aromatic heterocycles. The zero-order valence-corrected chi connectivity index (χ0v) is 15.2. The molecule has 0 heterocycles. The van der Waals surface area contributed by atoms with Gasteiger partial charge in [0.15, 0.2) is 0 Å². The van der Waals surface area contributed by atoms with Crippen molar-refractivity contribution in [1.29, 1.82) is 0 Å². The summed E-state index contributed by atoms with van der Waals surface area (Å²) in [5, 5.41) is 0. The number of rotatable bonds is 5. The summed E-state index contributed by atoms with van der Waals surface area (Å²) in [7, 11) is -3.65. The molecule has 0 saturated carbocycles. The summed E-state index contributed by atoms with van der Waals surface area (Å²) in [6.07, 6.45) is 0. The third-order valence-corrected chi connectivity index (χ3v) is 5.89. The number of aryl methyl sites for hydroxylation is 2. The molecule has 3 aromatic rings. The molecule has 0 spiro atoms. The zero-order chi connectivity index (χ0) is 17.9. The Labute approximate surface area is 149 Å². The van der Waals surface area contributed by atoms with E-state index in [1.807, 2.05) is 80.6 Å². The van der Waals surface area contributed by atoms with Crippen molar-refractivity contribution in [1.82, 2.24) is 0 Å². The van der Waals surface area contributed by atoms with Crippen molar-refractivity contribution in [2.24, 2.45) is 0 Å². The lowest BCUT2D eigenvalue weighted by Gasteiger charge is -2.25. The van der Waals surface area contributed by atoms with E-state index in [1.165, 1.54) is 4.31 Å². The van der Waals surface area contributed by atoms with Crippen molar-refractivity contribution in [2.75, 3.05) is 4.31 Å².